The molecular formula is C19H27NO. The van der Waals surface area contributed by atoms with Gasteiger partial charge in [-0.15, -0.1) is 0 Å². The number of phenols is 1. The molecule has 2 bridgehead atoms. The molecule has 0 unspecified atom stereocenters. The molecule has 1 heterocycles. The molecule has 114 valence electrons. The molecule has 1 aromatic carbocycles. The average Bonchev–Trinajstić information content (AvgIpc) is 2.45. The lowest BCUT2D eigenvalue weighted by Gasteiger charge is -2.54. The Morgan fingerprint density at radius 1 is 1.57 bits per heavy atom. The fourth-order valence-corrected chi connectivity index (χ4v) is 4.26. The SMILES string of the molecule is [2H]C([2H])([2H])/C=C(\C)CN1CC[C@]2(C)c3cc(O)ccc3C[C@H]1[C@H]2C. The second-order valence-corrected chi connectivity index (χ2v) is 7.03. The van der Waals surface area contributed by atoms with Crippen LogP contribution in [0.4, 0.5) is 0 Å². The molecule has 0 aromatic heterocycles. The summed E-state index contributed by atoms with van der Waals surface area (Å²) in [7, 11) is 0. The van der Waals surface area contributed by atoms with Crippen LogP contribution in [0.3, 0.4) is 0 Å². The lowest BCUT2D eigenvalue weighted by molar-refractivity contribution is 0.0380. The fourth-order valence-electron chi connectivity index (χ4n) is 4.26. The highest BCUT2D eigenvalue weighted by Crippen LogP contribution is 2.49. The Balaban J connectivity index is 1.88. The molecule has 2 aliphatic rings. The van der Waals surface area contributed by atoms with E-state index in [2.05, 4.69) is 24.8 Å². The zero-order valence-electron chi connectivity index (χ0n) is 16.2. The van der Waals surface area contributed by atoms with Gasteiger partial charge in [0.2, 0.25) is 0 Å². The zero-order valence-corrected chi connectivity index (χ0v) is 13.2. The van der Waals surface area contributed by atoms with E-state index in [0.29, 0.717) is 17.7 Å². The second kappa shape index (κ2) is 5.17. The van der Waals surface area contributed by atoms with E-state index in [1.54, 1.807) is 6.07 Å². The predicted molar refractivity (Wildman–Crippen MR) is 87.7 cm³/mol. The fraction of sp³-hybridized carbons (Fsp3) is 0.579. The van der Waals surface area contributed by atoms with E-state index in [1.165, 1.54) is 17.2 Å². The molecule has 21 heavy (non-hydrogen) atoms. The highest BCUT2D eigenvalue weighted by molar-refractivity contribution is 5.44. The number of hydrogen-bond donors (Lipinski definition) is 1. The Labute approximate surface area is 132 Å². The van der Waals surface area contributed by atoms with Crippen LogP contribution < -0.4 is 0 Å². The zero-order chi connectivity index (χ0) is 17.7. The van der Waals surface area contributed by atoms with Crippen LogP contribution in [-0.2, 0) is 11.8 Å². The summed E-state index contributed by atoms with van der Waals surface area (Å²) in [6, 6.07) is 6.19. The van der Waals surface area contributed by atoms with E-state index < -0.39 is 6.85 Å². The van der Waals surface area contributed by atoms with Crippen LogP contribution >= 0.6 is 0 Å². The maximum atomic E-state index is 9.89. The van der Waals surface area contributed by atoms with Crippen molar-refractivity contribution in [3.8, 4) is 5.75 Å². The van der Waals surface area contributed by atoms with Gasteiger partial charge in [0.1, 0.15) is 5.75 Å². The Hall–Kier alpha value is -1.28. The minimum atomic E-state index is -2.00. The van der Waals surface area contributed by atoms with Gasteiger partial charge in [0.25, 0.3) is 0 Å². The van der Waals surface area contributed by atoms with Crippen molar-refractivity contribution in [2.45, 2.75) is 51.9 Å². The number of piperidine rings is 1. The number of allylic oxidation sites excluding steroid dienone is 1. The number of likely N-dealkylation sites (tertiary alicyclic amines) is 1. The first kappa shape index (κ1) is 11.3. The lowest BCUT2D eigenvalue weighted by Crippen LogP contribution is -2.58. The van der Waals surface area contributed by atoms with E-state index in [4.69, 9.17) is 4.11 Å². The standard InChI is InChI=1S/C19H27NO/c1-5-13(2)12-20-9-8-19(4)14(3)18(20)10-15-6-7-16(21)11-17(15)19/h5-7,11,14,18,21H,8-10,12H2,1-4H3/b13-5+/t14-,18+,19+/m1/s1/i1D3. The van der Waals surface area contributed by atoms with Crippen molar-refractivity contribution >= 4 is 0 Å². The first-order valence-electron chi connectivity index (χ1n) is 9.35. The summed E-state index contributed by atoms with van der Waals surface area (Å²) in [5.41, 5.74) is 3.61. The molecule has 0 spiro atoms. The van der Waals surface area contributed by atoms with Gasteiger partial charge in [0.15, 0.2) is 0 Å². The lowest BCUT2D eigenvalue weighted by atomic mass is 9.59. The van der Waals surface area contributed by atoms with Crippen molar-refractivity contribution in [1.82, 2.24) is 4.90 Å². The Morgan fingerprint density at radius 2 is 2.38 bits per heavy atom. The summed E-state index contributed by atoms with van der Waals surface area (Å²) in [4.78, 5) is 2.44. The number of nitrogens with zero attached hydrogens (tertiary/aromatic N) is 1. The van der Waals surface area contributed by atoms with Crippen molar-refractivity contribution < 1.29 is 9.22 Å². The number of benzene rings is 1. The van der Waals surface area contributed by atoms with Crippen LogP contribution in [0.2, 0.25) is 0 Å². The third kappa shape index (κ3) is 2.30. The van der Waals surface area contributed by atoms with E-state index in [9.17, 15) is 5.11 Å². The van der Waals surface area contributed by atoms with E-state index in [-0.39, 0.29) is 5.41 Å². The largest absolute Gasteiger partial charge is 0.508 e. The van der Waals surface area contributed by atoms with Gasteiger partial charge in [0.05, 0.1) is 0 Å². The highest BCUT2D eigenvalue weighted by atomic mass is 16.3. The highest BCUT2D eigenvalue weighted by Gasteiger charge is 2.48. The van der Waals surface area contributed by atoms with Crippen LogP contribution in [0.5, 0.6) is 5.75 Å². The number of rotatable bonds is 2. The maximum Gasteiger partial charge on any atom is 0.115 e. The van der Waals surface area contributed by atoms with Crippen molar-refractivity contribution in [2.75, 3.05) is 13.1 Å². The van der Waals surface area contributed by atoms with Gasteiger partial charge >= 0.3 is 0 Å². The van der Waals surface area contributed by atoms with E-state index in [0.717, 1.165) is 31.5 Å². The average molecular weight is 288 g/mol. The molecular weight excluding hydrogens is 258 g/mol. The molecule has 0 amide bonds. The van der Waals surface area contributed by atoms with Crippen molar-refractivity contribution in [2.24, 2.45) is 5.92 Å². The van der Waals surface area contributed by atoms with Crippen LogP contribution in [0.1, 0.15) is 49.3 Å². The van der Waals surface area contributed by atoms with Crippen LogP contribution in [0.25, 0.3) is 0 Å². The molecule has 1 fully saturated rings. The number of phenolic OH excluding ortho intramolecular Hbond substituents is 1. The number of fused-ring (bicyclic) bond motifs is 4. The van der Waals surface area contributed by atoms with Gasteiger partial charge in [-0.05, 0) is 67.8 Å². The van der Waals surface area contributed by atoms with E-state index in [1.807, 2.05) is 13.0 Å². The summed E-state index contributed by atoms with van der Waals surface area (Å²) >= 11 is 0. The molecule has 2 nitrogen and oxygen atoms in total. The quantitative estimate of drug-likeness (QED) is 0.835. The molecule has 1 saturated heterocycles. The van der Waals surface area contributed by atoms with Gasteiger partial charge in [-0.3, -0.25) is 4.90 Å². The van der Waals surface area contributed by atoms with Crippen LogP contribution in [0.15, 0.2) is 29.8 Å². The molecule has 0 saturated carbocycles. The predicted octanol–water partition coefficient (Wildman–Crippen LogP) is 3.88. The molecule has 1 aliphatic carbocycles. The summed E-state index contributed by atoms with van der Waals surface area (Å²) in [6.07, 6.45) is 3.41. The summed E-state index contributed by atoms with van der Waals surface area (Å²) in [5.74, 6) is 0.820. The third-order valence-electron chi connectivity index (χ3n) is 5.81. The van der Waals surface area contributed by atoms with Crippen LogP contribution in [0, 0.1) is 5.92 Å². The van der Waals surface area contributed by atoms with Crippen LogP contribution in [-0.4, -0.2) is 29.1 Å². The third-order valence-corrected chi connectivity index (χ3v) is 5.81. The van der Waals surface area contributed by atoms with Gasteiger partial charge in [-0.1, -0.05) is 31.6 Å². The topological polar surface area (TPSA) is 23.5 Å². The van der Waals surface area contributed by atoms with Gasteiger partial charge in [-0.2, -0.15) is 0 Å². The molecule has 2 heteroatoms. The van der Waals surface area contributed by atoms with Crippen molar-refractivity contribution in [3.63, 3.8) is 0 Å². The van der Waals surface area contributed by atoms with Crippen molar-refractivity contribution in [3.05, 3.63) is 41.0 Å². The molecule has 3 atom stereocenters. The van der Waals surface area contributed by atoms with Gasteiger partial charge in [0, 0.05) is 16.7 Å². The molecule has 1 N–H and O–H groups in total. The minimum Gasteiger partial charge on any atom is -0.508 e. The molecule has 1 aromatic rings. The van der Waals surface area contributed by atoms with E-state index >= 15 is 0 Å². The smallest absolute Gasteiger partial charge is 0.115 e. The van der Waals surface area contributed by atoms with Crippen molar-refractivity contribution in [1.29, 1.82) is 0 Å². The molecule has 1 aliphatic heterocycles. The minimum absolute atomic E-state index is 0.0785. The first-order chi connectivity index (χ1) is 11.1. The monoisotopic (exact) mass is 288 g/mol. The first-order valence-corrected chi connectivity index (χ1v) is 7.85. The normalized spacial score (nSPS) is 35.6. The summed E-state index contributed by atoms with van der Waals surface area (Å²) in [5, 5.41) is 9.89. The number of hydrogen-bond acceptors (Lipinski definition) is 2. The second-order valence-electron chi connectivity index (χ2n) is 7.03. The Morgan fingerprint density at radius 3 is 3.14 bits per heavy atom. The van der Waals surface area contributed by atoms with Gasteiger partial charge in [-0.25, -0.2) is 0 Å². The summed E-state index contributed by atoms with van der Waals surface area (Å²) in [6.45, 7) is 6.21. The molecule has 0 radical (unpaired) electrons. The summed E-state index contributed by atoms with van der Waals surface area (Å²) < 4.78 is 22.3. The molecule has 3 rings (SSSR count). The Kier molecular flexibility index (Phi) is 2.78. The number of aromatic hydroxyl groups is 1. The Bertz CT molecular complexity index is 667. The van der Waals surface area contributed by atoms with Gasteiger partial charge < -0.3 is 5.11 Å². The maximum absolute atomic E-state index is 9.89.